The summed E-state index contributed by atoms with van der Waals surface area (Å²) in [5, 5.41) is 13.0. The first-order valence-electron chi connectivity index (χ1n) is 17.5. The fourth-order valence-corrected chi connectivity index (χ4v) is 8.41. The largest absolute Gasteiger partial charge is 0.309 e. The molecule has 0 bridgehead atoms. The van der Waals surface area contributed by atoms with Crippen molar-refractivity contribution in [2.75, 3.05) is 0 Å². The topological polar surface area (TPSA) is 9.34 Å². The molecule has 1 atom stereocenters. The predicted octanol–water partition coefficient (Wildman–Crippen LogP) is 13.1. The van der Waals surface area contributed by atoms with E-state index in [4.69, 9.17) is 0 Å². The normalized spacial score (nSPS) is 13.4. The van der Waals surface area contributed by atoms with Gasteiger partial charge in [-0.3, -0.25) is 0 Å². The first-order valence-corrected chi connectivity index (χ1v) is 17.5. The zero-order valence-corrected chi connectivity index (χ0v) is 28.2. The molecular weight excluding hydrogens is 581 g/mol. The van der Waals surface area contributed by atoms with Crippen molar-refractivity contribution < 1.29 is 0 Å². The minimum absolute atomic E-state index is 0.489. The molecule has 10 rings (SSSR count). The van der Waals surface area contributed by atoms with Crippen LogP contribution in [0.3, 0.4) is 0 Å². The fourth-order valence-electron chi connectivity index (χ4n) is 8.41. The van der Waals surface area contributed by atoms with Crippen LogP contribution in [0.5, 0.6) is 0 Å². The van der Waals surface area contributed by atoms with E-state index >= 15 is 0 Å². The van der Waals surface area contributed by atoms with Crippen LogP contribution in [-0.2, 0) is 0 Å². The summed E-state index contributed by atoms with van der Waals surface area (Å²) < 4.78 is 5.02. The van der Waals surface area contributed by atoms with Gasteiger partial charge in [0.15, 0.2) is 0 Å². The molecule has 0 saturated heterocycles. The second kappa shape index (κ2) is 9.84. The third-order valence-electron chi connectivity index (χ3n) is 11.4. The van der Waals surface area contributed by atoms with Crippen LogP contribution in [-0.4, -0.2) is 8.97 Å². The first-order chi connectivity index (χ1) is 23.4. The van der Waals surface area contributed by atoms with Gasteiger partial charge in [-0.15, -0.1) is 0 Å². The van der Waals surface area contributed by atoms with Crippen molar-refractivity contribution >= 4 is 81.4 Å². The highest BCUT2D eigenvalue weighted by Crippen LogP contribution is 2.44. The minimum atomic E-state index is 0.489. The summed E-state index contributed by atoms with van der Waals surface area (Å²) >= 11 is 0. The van der Waals surface area contributed by atoms with Crippen LogP contribution < -0.4 is 0 Å². The summed E-state index contributed by atoms with van der Waals surface area (Å²) in [5.41, 5.74) is 10.4. The van der Waals surface area contributed by atoms with Gasteiger partial charge in [0.25, 0.3) is 0 Å². The SMILES string of the molecule is CC(C)c1ccc2cc3c(cc2c1)c1cc(-n2c4ccccc4c4ccccc42)cc2c4cc5cc(C(C)C(C)C)ccc5cc4n3c12. The molecule has 232 valence electrons. The molecule has 0 aliphatic heterocycles. The van der Waals surface area contributed by atoms with Gasteiger partial charge >= 0.3 is 0 Å². The zero-order valence-electron chi connectivity index (χ0n) is 28.2. The Kier molecular flexibility index (Phi) is 5.69. The van der Waals surface area contributed by atoms with Gasteiger partial charge in [0.05, 0.1) is 27.6 Å². The van der Waals surface area contributed by atoms with Gasteiger partial charge in [0.2, 0.25) is 0 Å². The average molecular weight is 619 g/mol. The molecule has 3 heterocycles. The Hall–Kier alpha value is -5.34. The number of para-hydroxylation sites is 2. The maximum atomic E-state index is 2.55. The Labute approximate surface area is 280 Å². The van der Waals surface area contributed by atoms with Gasteiger partial charge in [0, 0.05) is 38.0 Å². The van der Waals surface area contributed by atoms with E-state index in [1.807, 2.05) is 0 Å². The number of rotatable bonds is 4. The second-order valence-electron chi connectivity index (χ2n) is 14.7. The average Bonchev–Trinajstić information content (AvgIpc) is 3.72. The molecule has 2 nitrogen and oxygen atoms in total. The lowest BCUT2D eigenvalue weighted by molar-refractivity contribution is 0.535. The quantitative estimate of drug-likeness (QED) is 0.186. The standard InChI is InChI=1S/C46H38N2/c1-26(2)28(5)30-15-17-32-23-45-39(21-34(32)19-30)41-25-35(47-42-12-8-6-10-36(42)37-11-7-9-13-43(37)47)24-40-38-20-33-18-29(27(3)4)14-16-31(33)22-44(38)48(45)46(40)41/h6-28H,1-5H3. The summed E-state index contributed by atoms with van der Waals surface area (Å²) in [7, 11) is 0. The highest BCUT2D eigenvalue weighted by molar-refractivity contribution is 6.27. The Morgan fingerprint density at radius 3 is 1.48 bits per heavy atom. The smallest absolute Gasteiger partial charge is 0.0622 e. The van der Waals surface area contributed by atoms with Gasteiger partial charge in [0.1, 0.15) is 0 Å². The predicted molar refractivity (Wildman–Crippen MR) is 208 cm³/mol. The summed E-state index contributed by atoms with van der Waals surface area (Å²) in [6.45, 7) is 11.5. The van der Waals surface area contributed by atoms with E-state index in [9.17, 15) is 0 Å². The molecular formula is C46H38N2. The molecule has 0 saturated carbocycles. The molecule has 48 heavy (non-hydrogen) atoms. The molecule has 10 aromatic rings. The fraction of sp³-hybridized carbons (Fsp3) is 0.174. The van der Waals surface area contributed by atoms with Crippen molar-refractivity contribution in [1.82, 2.24) is 8.97 Å². The van der Waals surface area contributed by atoms with Gasteiger partial charge in [-0.25, -0.2) is 0 Å². The third-order valence-corrected chi connectivity index (χ3v) is 11.4. The van der Waals surface area contributed by atoms with Crippen LogP contribution >= 0.6 is 0 Å². The van der Waals surface area contributed by atoms with Gasteiger partial charge in [-0.2, -0.15) is 0 Å². The number of benzene rings is 7. The van der Waals surface area contributed by atoms with E-state index in [0.29, 0.717) is 17.8 Å². The zero-order chi connectivity index (χ0) is 32.4. The summed E-state index contributed by atoms with van der Waals surface area (Å²) in [6, 6.07) is 46.4. The molecule has 0 amide bonds. The first kappa shape index (κ1) is 27.7. The molecule has 0 radical (unpaired) electrons. The highest BCUT2D eigenvalue weighted by Gasteiger charge is 2.22. The highest BCUT2D eigenvalue weighted by atomic mass is 15.0. The molecule has 0 fully saturated rings. The van der Waals surface area contributed by atoms with E-state index < -0.39 is 0 Å². The van der Waals surface area contributed by atoms with Gasteiger partial charge < -0.3 is 8.97 Å². The minimum Gasteiger partial charge on any atom is -0.309 e. The van der Waals surface area contributed by atoms with Crippen LogP contribution in [0.25, 0.3) is 87.1 Å². The van der Waals surface area contributed by atoms with Crippen molar-refractivity contribution in [3.05, 3.63) is 132 Å². The van der Waals surface area contributed by atoms with Crippen molar-refractivity contribution in [1.29, 1.82) is 0 Å². The van der Waals surface area contributed by atoms with Crippen LogP contribution in [0.4, 0.5) is 0 Å². The molecule has 0 N–H and O–H groups in total. The molecule has 0 aliphatic rings. The van der Waals surface area contributed by atoms with Crippen LogP contribution in [0.1, 0.15) is 57.6 Å². The molecule has 1 unspecified atom stereocenters. The molecule has 0 spiro atoms. The third kappa shape index (κ3) is 3.75. The maximum absolute atomic E-state index is 2.55. The Morgan fingerprint density at radius 1 is 0.417 bits per heavy atom. The Bertz CT molecular complexity index is 2860. The van der Waals surface area contributed by atoms with E-state index in [1.54, 1.807) is 0 Å². The summed E-state index contributed by atoms with van der Waals surface area (Å²) in [4.78, 5) is 0. The molecule has 2 heteroatoms. The lowest BCUT2D eigenvalue weighted by Gasteiger charge is -2.16. The van der Waals surface area contributed by atoms with Crippen molar-refractivity contribution in [2.45, 2.75) is 46.5 Å². The Morgan fingerprint density at radius 2 is 0.938 bits per heavy atom. The maximum Gasteiger partial charge on any atom is 0.0622 e. The lowest BCUT2D eigenvalue weighted by atomic mass is 9.89. The molecule has 3 aromatic heterocycles. The van der Waals surface area contributed by atoms with Crippen LogP contribution in [0.15, 0.2) is 121 Å². The van der Waals surface area contributed by atoms with Crippen LogP contribution in [0, 0.1) is 5.92 Å². The Balaban J connectivity index is 1.37. The molecule has 7 aromatic carbocycles. The van der Waals surface area contributed by atoms with Crippen LogP contribution in [0.2, 0.25) is 0 Å². The molecule has 0 aliphatic carbocycles. The van der Waals surface area contributed by atoms with Crippen molar-refractivity contribution in [3.63, 3.8) is 0 Å². The number of nitrogens with zero attached hydrogens (tertiary/aromatic N) is 2. The summed E-state index contributed by atoms with van der Waals surface area (Å²) in [6.07, 6.45) is 0. The van der Waals surface area contributed by atoms with E-state index in [1.165, 1.54) is 98.3 Å². The number of hydrogen-bond donors (Lipinski definition) is 0. The summed E-state index contributed by atoms with van der Waals surface area (Å²) in [5.74, 6) is 1.59. The number of hydrogen-bond acceptors (Lipinski definition) is 0. The lowest BCUT2D eigenvalue weighted by Crippen LogP contribution is -2.01. The van der Waals surface area contributed by atoms with Gasteiger partial charge in [-0.1, -0.05) is 107 Å². The van der Waals surface area contributed by atoms with E-state index in [2.05, 4.69) is 165 Å². The van der Waals surface area contributed by atoms with Crippen molar-refractivity contribution in [3.8, 4) is 5.69 Å². The monoisotopic (exact) mass is 618 g/mol. The van der Waals surface area contributed by atoms with Gasteiger partial charge in [-0.05, 0) is 99.0 Å². The van der Waals surface area contributed by atoms with E-state index in [0.717, 1.165) is 0 Å². The van der Waals surface area contributed by atoms with Crippen molar-refractivity contribution in [2.24, 2.45) is 5.92 Å². The number of fused-ring (bicyclic) bond motifs is 11. The van der Waals surface area contributed by atoms with E-state index in [-0.39, 0.29) is 0 Å². The number of aromatic nitrogens is 2. The second-order valence-corrected chi connectivity index (χ2v) is 14.7.